The number of carbonyl (C=O) groups is 2. The van der Waals surface area contributed by atoms with E-state index in [0.717, 1.165) is 21.4 Å². The zero-order chi connectivity index (χ0) is 13.3. The van der Waals surface area contributed by atoms with Crippen molar-refractivity contribution >= 4 is 39.0 Å². The molecule has 92 valence electrons. The largest absolute Gasteiger partial charge is 0.476 e. The molecule has 1 heterocycles. The molecule has 1 aromatic carbocycles. The Balaban J connectivity index is 2.57. The normalized spacial score (nSPS) is 10.3. The summed E-state index contributed by atoms with van der Waals surface area (Å²) < 4.78 is 0.872. The van der Waals surface area contributed by atoms with Crippen molar-refractivity contribution in [1.82, 2.24) is 4.98 Å². The maximum Gasteiger partial charge on any atom is 0.356 e. The summed E-state index contributed by atoms with van der Waals surface area (Å²) in [7, 11) is 0. The first kappa shape index (κ1) is 12.9. The summed E-state index contributed by atoms with van der Waals surface area (Å²) in [5.74, 6) is -1.47. The molecular formula is C12H8BrNO3S. The predicted octanol–water partition coefficient (Wildman–Crippen LogP) is 3.47. The first-order chi connectivity index (χ1) is 8.49. The van der Waals surface area contributed by atoms with E-state index in [1.165, 1.54) is 6.92 Å². The quantitative estimate of drug-likeness (QED) is 0.877. The molecule has 0 radical (unpaired) electrons. The molecule has 2 aromatic rings. The molecule has 1 aromatic heterocycles. The number of carboxylic acid groups (broad SMARTS) is 1. The van der Waals surface area contributed by atoms with Crippen molar-refractivity contribution in [2.75, 3.05) is 0 Å². The highest BCUT2D eigenvalue weighted by Gasteiger charge is 2.21. The van der Waals surface area contributed by atoms with Gasteiger partial charge in [0.2, 0.25) is 0 Å². The average molecular weight is 326 g/mol. The lowest BCUT2D eigenvalue weighted by Gasteiger charge is -1.95. The molecule has 0 atom stereocenters. The lowest BCUT2D eigenvalue weighted by atomic mass is 10.2. The maximum absolute atomic E-state index is 11.4. The second-order valence-electron chi connectivity index (χ2n) is 3.57. The lowest BCUT2D eigenvalue weighted by Crippen LogP contribution is -2.03. The Labute approximate surface area is 115 Å². The number of hydrogen-bond acceptors (Lipinski definition) is 4. The van der Waals surface area contributed by atoms with E-state index >= 15 is 0 Å². The van der Waals surface area contributed by atoms with Gasteiger partial charge in [-0.2, -0.15) is 0 Å². The molecule has 1 N–H and O–H groups in total. The Kier molecular flexibility index (Phi) is 3.58. The average Bonchev–Trinajstić information content (AvgIpc) is 2.73. The second kappa shape index (κ2) is 4.99. The fourth-order valence-electron chi connectivity index (χ4n) is 1.45. The summed E-state index contributed by atoms with van der Waals surface area (Å²) in [6.45, 7) is 1.34. The monoisotopic (exact) mass is 325 g/mol. The minimum atomic E-state index is -1.18. The predicted molar refractivity (Wildman–Crippen MR) is 72.2 cm³/mol. The van der Waals surface area contributed by atoms with Crippen molar-refractivity contribution in [1.29, 1.82) is 0 Å². The number of carbonyl (C=O) groups excluding carboxylic acids is 1. The number of hydrogen-bond donors (Lipinski definition) is 1. The van der Waals surface area contributed by atoms with E-state index in [1.54, 1.807) is 0 Å². The Hall–Kier alpha value is -1.53. The third kappa shape index (κ3) is 2.49. The first-order valence-corrected chi connectivity index (χ1v) is 6.61. The van der Waals surface area contributed by atoms with Gasteiger partial charge in [0, 0.05) is 17.0 Å². The van der Waals surface area contributed by atoms with Crippen molar-refractivity contribution in [3.63, 3.8) is 0 Å². The molecule has 4 nitrogen and oxygen atoms in total. The van der Waals surface area contributed by atoms with Gasteiger partial charge in [0.05, 0.1) is 0 Å². The standard InChI is InChI=1S/C12H8BrNO3S/c1-6(15)10-9(12(16)17)14-11(18-10)7-3-2-4-8(13)5-7/h2-5H,1H3,(H,16,17). The molecule has 0 aliphatic rings. The topological polar surface area (TPSA) is 67.3 Å². The Bertz CT molecular complexity index is 605. The highest BCUT2D eigenvalue weighted by Crippen LogP contribution is 2.30. The van der Waals surface area contributed by atoms with Crippen molar-refractivity contribution in [3.05, 3.63) is 39.3 Å². The molecule has 0 aliphatic carbocycles. The third-order valence-corrected chi connectivity index (χ3v) is 3.92. The zero-order valence-electron chi connectivity index (χ0n) is 9.31. The summed E-state index contributed by atoms with van der Waals surface area (Å²) >= 11 is 4.43. The van der Waals surface area contributed by atoms with E-state index in [0.29, 0.717) is 5.01 Å². The van der Waals surface area contributed by atoms with E-state index < -0.39 is 5.97 Å². The molecule has 2 rings (SSSR count). The Morgan fingerprint density at radius 1 is 1.39 bits per heavy atom. The molecule has 0 fully saturated rings. The van der Waals surface area contributed by atoms with Crippen LogP contribution in [0.4, 0.5) is 0 Å². The smallest absolute Gasteiger partial charge is 0.356 e. The van der Waals surface area contributed by atoms with Crippen LogP contribution in [0.15, 0.2) is 28.7 Å². The van der Waals surface area contributed by atoms with Crippen LogP contribution in [0.2, 0.25) is 0 Å². The zero-order valence-corrected chi connectivity index (χ0v) is 11.7. The van der Waals surface area contributed by atoms with E-state index in [9.17, 15) is 9.59 Å². The van der Waals surface area contributed by atoms with Gasteiger partial charge in [-0.15, -0.1) is 11.3 Å². The number of aromatic carboxylic acids is 1. The molecule has 18 heavy (non-hydrogen) atoms. The minimum Gasteiger partial charge on any atom is -0.476 e. The van der Waals surface area contributed by atoms with Crippen LogP contribution in [-0.4, -0.2) is 21.8 Å². The highest BCUT2D eigenvalue weighted by molar-refractivity contribution is 9.10. The lowest BCUT2D eigenvalue weighted by molar-refractivity contribution is 0.0687. The number of nitrogens with zero attached hydrogens (tertiary/aromatic N) is 1. The summed E-state index contributed by atoms with van der Waals surface area (Å²) in [4.78, 5) is 26.6. The van der Waals surface area contributed by atoms with Gasteiger partial charge in [0.1, 0.15) is 9.88 Å². The van der Waals surface area contributed by atoms with Gasteiger partial charge in [0.15, 0.2) is 11.5 Å². The number of Topliss-reactive ketones (excluding diaryl/α,β-unsaturated/α-hetero) is 1. The minimum absolute atomic E-state index is 0.178. The molecule has 0 amide bonds. The third-order valence-electron chi connectivity index (χ3n) is 2.22. The number of rotatable bonds is 3. The van der Waals surface area contributed by atoms with E-state index in [2.05, 4.69) is 20.9 Å². The van der Waals surface area contributed by atoms with E-state index in [1.807, 2.05) is 24.3 Å². The number of benzene rings is 1. The number of ketones is 1. The molecular weight excluding hydrogens is 318 g/mol. The van der Waals surface area contributed by atoms with Crippen LogP contribution < -0.4 is 0 Å². The first-order valence-electron chi connectivity index (χ1n) is 5.00. The highest BCUT2D eigenvalue weighted by atomic mass is 79.9. The molecule has 0 spiro atoms. The molecule has 0 unspecified atom stereocenters. The Morgan fingerprint density at radius 2 is 2.11 bits per heavy atom. The van der Waals surface area contributed by atoms with Crippen LogP contribution in [0.25, 0.3) is 10.6 Å². The molecule has 6 heteroatoms. The van der Waals surface area contributed by atoms with Crippen LogP contribution in [0, 0.1) is 0 Å². The van der Waals surface area contributed by atoms with E-state index in [-0.39, 0.29) is 16.4 Å². The van der Waals surface area contributed by atoms with Crippen LogP contribution in [-0.2, 0) is 0 Å². The van der Waals surface area contributed by atoms with Crippen LogP contribution >= 0.6 is 27.3 Å². The van der Waals surface area contributed by atoms with Gasteiger partial charge in [0.25, 0.3) is 0 Å². The van der Waals surface area contributed by atoms with Crippen LogP contribution in [0.1, 0.15) is 27.1 Å². The van der Waals surface area contributed by atoms with Crippen LogP contribution in [0.5, 0.6) is 0 Å². The molecule has 0 saturated carbocycles. The van der Waals surface area contributed by atoms with Crippen molar-refractivity contribution in [2.45, 2.75) is 6.92 Å². The van der Waals surface area contributed by atoms with Crippen molar-refractivity contribution < 1.29 is 14.7 Å². The fraction of sp³-hybridized carbons (Fsp3) is 0.0833. The van der Waals surface area contributed by atoms with Gasteiger partial charge >= 0.3 is 5.97 Å². The number of thiazole rings is 1. The summed E-state index contributed by atoms with van der Waals surface area (Å²) in [5, 5.41) is 9.54. The number of aromatic nitrogens is 1. The fourth-order valence-corrected chi connectivity index (χ4v) is 2.80. The summed E-state index contributed by atoms with van der Waals surface area (Å²) in [6, 6.07) is 7.34. The van der Waals surface area contributed by atoms with Gasteiger partial charge in [-0.25, -0.2) is 9.78 Å². The Morgan fingerprint density at radius 3 is 2.61 bits per heavy atom. The van der Waals surface area contributed by atoms with Gasteiger partial charge in [-0.05, 0) is 12.1 Å². The molecule has 0 bridgehead atoms. The van der Waals surface area contributed by atoms with Gasteiger partial charge in [-0.1, -0.05) is 28.1 Å². The molecule has 0 aliphatic heterocycles. The SMILES string of the molecule is CC(=O)c1sc(-c2cccc(Br)c2)nc1C(=O)O. The maximum atomic E-state index is 11.4. The van der Waals surface area contributed by atoms with Gasteiger partial charge < -0.3 is 5.11 Å². The summed E-state index contributed by atoms with van der Waals surface area (Å²) in [5.41, 5.74) is 0.604. The van der Waals surface area contributed by atoms with Crippen LogP contribution in [0.3, 0.4) is 0 Å². The van der Waals surface area contributed by atoms with Gasteiger partial charge in [-0.3, -0.25) is 4.79 Å². The van der Waals surface area contributed by atoms with Crippen molar-refractivity contribution in [3.8, 4) is 10.6 Å². The molecule has 0 saturated heterocycles. The van der Waals surface area contributed by atoms with E-state index in [4.69, 9.17) is 5.11 Å². The number of halogens is 1. The van der Waals surface area contributed by atoms with Crippen molar-refractivity contribution in [2.24, 2.45) is 0 Å². The number of carboxylic acids is 1. The second-order valence-corrected chi connectivity index (χ2v) is 5.48. The summed E-state index contributed by atoms with van der Waals surface area (Å²) in [6.07, 6.45) is 0.